The van der Waals surface area contributed by atoms with Crippen LogP contribution in [0.5, 0.6) is 11.5 Å². The van der Waals surface area contributed by atoms with Gasteiger partial charge in [-0.05, 0) is 60.9 Å². The Morgan fingerprint density at radius 3 is 2.59 bits per heavy atom. The topological polar surface area (TPSA) is 109 Å². The van der Waals surface area contributed by atoms with Crippen molar-refractivity contribution in [2.45, 2.75) is 33.7 Å². The van der Waals surface area contributed by atoms with Crippen LogP contribution in [-0.2, 0) is 14.3 Å². The molecule has 0 bridgehead atoms. The lowest BCUT2D eigenvalue weighted by atomic mass is 9.95. The fourth-order valence-electron chi connectivity index (χ4n) is 4.70. The zero-order valence-corrected chi connectivity index (χ0v) is 26.8. The Morgan fingerprint density at radius 2 is 1.89 bits per heavy atom. The highest BCUT2D eigenvalue weighted by molar-refractivity contribution is 7.07. The summed E-state index contributed by atoms with van der Waals surface area (Å²) < 4.78 is 24.1. The molecule has 2 aromatic carbocycles. The number of esters is 2. The number of ether oxygens (including phenoxy) is 3. The van der Waals surface area contributed by atoms with E-state index < -0.39 is 18.0 Å². The normalized spacial score (nSPS) is 14.8. The number of rotatable bonds is 8. The third-order valence-electron chi connectivity index (χ3n) is 6.64. The van der Waals surface area contributed by atoms with Crippen LogP contribution >= 0.6 is 34.5 Å². The molecule has 5 rings (SSSR count). The molecule has 228 valence electrons. The maximum absolute atomic E-state index is 14.0. The van der Waals surface area contributed by atoms with E-state index in [1.54, 1.807) is 61.5 Å². The maximum atomic E-state index is 14.0. The molecule has 0 N–H and O–H groups in total. The van der Waals surface area contributed by atoms with Gasteiger partial charge in [0, 0.05) is 23.6 Å². The lowest BCUT2D eigenvalue weighted by Gasteiger charge is -2.25. The maximum Gasteiger partial charge on any atom is 0.338 e. The van der Waals surface area contributed by atoms with Gasteiger partial charge in [0.2, 0.25) is 0 Å². The van der Waals surface area contributed by atoms with Crippen molar-refractivity contribution in [2.24, 2.45) is 10.9 Å². The Balaban J connectivity index is 1.64. The highest BCUT2D eigenvalue weighted by Crippen LogP contribution is 2.36. The monoisotopic (exact) mass is 654 g/mol. The lowest BCUT2D eigenvalue weighted by Crippen LogP contribution is -2.40. The zero-order chi connectivity index (χ0) is 31.7. The second kappa shape index (κ2) is 12.9. The average Bonchev–Trinajstić information content (AvgIpc) is 3.56. The molecular formula is C32H28Cl2N2O7S. The number of fused-ring (bicyclic) bond motifs is 1. The molecule has 0 saturated heterocycles. The van der Waals surface area contributed by atoms with Gasteiger partial charge in [-0.15, -0.1) is 0 Å². The van der Waals surface area contributed by atoms with Crippen molar-refractivity contribution in [2.75, 3.05) is 13.7 Å². The minimum Gasteiger partial charge on any atom is -0.493 e. The van der Waals surface area contributed by atoms with E-state index in [1.165, 1.54) is 18.6 Å². The standard InChI is InChI=1S/C32H28Cl2N2O7S/c1-16(2)15-41-31(39)28-17(3)35-32-36(29(28)19-6-10-25(42-18(4)37)26(12-19)40-5)30(38)27(44-32)14-21-8-11-24(43-21)22-13-20(33)7-9-23(22)34/h6-14,16,29H,15H2,1-5H3. The molecule has 12 heteroatoms. The fourth-order valence-corrected chi connectivity index (χ4v) is 6.11. The van der Waals surface area contributed by atoms with Crippen LogP contribution in [0.1, 0.15) is 45.1 Å². The number of aromatic nitrogens is 1. The number of carbonyl (C=O) groups is 2. The number of nitrogens with zero attached hydrogens (tertiary/aromatic N) is 2. The van der Waals surface area contributed by atoms with E-state index in [0.29, 0.717) is 47.7 Å². The van der Waals surface area contributed by atoms with E-state index in [0.717, 1.165) is 11.3 Å². The van der Waals surface area contributed by atoms with Crippen molar-refractivity contribution in [3.05, 3.63) is 101 Å². The van der Waals surface area contributed by atoms with Gasteiger partial charge in [0.05, 0.1) is 40.6 Å². The molecule has 0 aliphatic carbocycles. The summed E-state index contributed by atoms with van der Waals surface area (Å²) in [4.78, 5) is 44.1. The molecule has 4 aromatic rings. The summed E-state index contributed by atoms with van der Waals surface area (Å²) in [5.41, 5.74) is 1.39. The van der Waals surface area contributed by atoms with Crippen LogP contribution in [0, 0.1) is 5.92 Å². The molecule has 1 aliphatic rings. The highest BCUT2D eigenvalue weighted by atomic mass is 35.5. The van der Waals surface area contributed by atoms with Gasteiger partial charge in [-0.2, -0.15) is 0 Å². The molecule has 3 heterocycles. The molecule has 1 aliphatic heterocycles. The van der Waals surface area contributed by atoms with Gasteiger partial charge in [-0.1, -0.05) is 54.5 Å². The van der Waals surface area contributed by atoms with Gasteiger partial charge in [0.25, 0.3) is 5.56 Å². The molecule has 0 saturated carbocycles. The van der Waals surface area contributed by atoms with E-state index in [-0.39, 0.29) is 35.2 Å². The largest absolute Gasteiger partial charge is 0.493 e. The van der Waals surface area contributed by atoms with Gasteiger partial charge in [-0.3, -0.25) is 14.2 Å². The molecule has 0 amide bonds. The Kier molecular flexibility index (Phi) is 9.15. The van der Waals surface area contributed by atoms with Crippen molar-refractivity contribution in [1.82, 2.24) is 4.57 Å². The quantitative estimate of drug-likeness (QED) is 0.171. The van der Waals surface area contributed by atoms with Gasteiger partial charge < -0.3 is 18.6 Å². The van der Waals surface area contributed by atoms with Gasteiger partial charge in [-0.25, -0.2) is 9.79 Å². The van der Waals surface area contributed by atoms with Crippen LogP contribution in [0.2, 0.25) is 10.0 Å². The smallest absolute Gasteiger partial charge is 0.338 e. The molecule has 0 radical (unpaired) electrons. The molecule has 44 heavy (non-hydrogen) atoms. The van der Waals surface area contributed by atoms with E-state index in [4.69, 9.17) is 41.8 Å². The van der Waals surface area contributed by atoms with Crippen LogP contribution < -0.4 is 24.4 Å². The first-order valence-electron chi connectivity index (χ1n) is 13.6. The zero-order valence-electron chi connectivity index (χ0n) is 24.5. The summed E-state index contributed by atoms with van der Waals surface area (Å²) in [6.07, 6.45) is 1.61. The number of hydrogen-bond acceptors (Lipinski definition) is 9. The third-order valence-corrected chi connectivity index (χ3v) is 8.19. The Hall–Kier alpha value is -4.12. The highest BCUT2D eigenvalue weighted by Gasteiger charge is 2.34. The van der Waals surface area contributed by atoms with Gasteiger partial charge >= 0.3 is 11.9 Å². The summed E-state index contributed by atoms with van der Waals surface area (Å²) in [5, 5.41) is 0.975. The number of hydrogen-bond donors (Lipinski definition) is 0. The second-order valence-electron chi connectivity index (χ2n) is 10.4. The third kappa shape index (κ3) is 6.38. The predicted molar refractivity (Wildman–Crippen MR) is 168 cm³/mol. The summed E-state index contributed by atoms with van der Waals surface area (Å²) in [7, 11) is 1.44. The number of benzene rings is 2. The Labute approximate surface area is 266 Å². The average molecular weight is 656 g/mol. The van der Waals surface area contributed by atoms with E-state index in [2.05, 4.69) is 4.99 Å². The van der Waals surface area contributed by atoms with Crippen LogP contribution in [-0.4, -0.2) is 30.2 Å². The first-order chi connectivity index (χ1) is 21.0. The van der Waals surface area contributed by atoms with Crippen LogP contribution in [0.25, 0.3) is 17.4 Å². The van der Waals surface area contributed by atoms with Crippen LogP contribution in [0.4, 0.5) is 0 Å². The van der Waals surface area contributed by atoms with E-state index in [1.807, 2.05) is 13.8 Å². The SMILES string of the molecule is COc1cc(C2C(C(=O)OCC(C)C)=C(C)N=c3sc(=Cc4ccc(-c5cc(Cl)ccc5Cl)o4)c(=O)n32)ccc1OC(C)=O. The minimum atomic E-state index is -0.897. The first kappa shape index (κ1) is 31.3. The predicted octanol–water partition coefficient (Wildman–Crippen LogP) is 5.94. The summed E-state index contributed by atoms with van der Waals surface area (Å²) in [6, 6.07) is 12.5. The molecule has 1 atom stereocenters. The number of methoxy groups -OCH3 is 1. The van der Waals surface area contributed by atoms with Crippen molar-refractivity contribution < 1.29 is 28.2 Å². The number of furan rings is 1. The van der Waals surface area contributed by atoms with Crippen LogP contribution in [0.15, 0.2) is 74.0 Å². The number of halogens is 2. The van der Waals surface area contributed by atoms with Gasteiger partial charge in [0.15, 0.2) is 16.3 Å². The molecule has 1 unspecified atom stereocenters. The summed E-state index contributed by atoms with van der Waals surface area (Å²) in [5.74, 6) is 0.356. The molecule has 0 fully saturated rings. The van der Waals surface area contributed by atoms with E-state index in [9.17, 15) is 14.4 Å². The van der Waals surface area contributed by atoms with Crippen molar-refractivity contribution in [3.8, 4) is 22.8 Å². The van der Waals surface area contributed by atoms with Crippen molar-refractivity contribution in [3.63, 3.8) is 0 Å². The summed E-state index contributed by atoms with van der Waals surface area (Å²) >= 11 is 13.7. The lowest BCUT2D eigenvalue weighted by molar-refractivity contribution is -0.140. The van der Waals surface area contributed by atoms with Gasteiger partial charge in [0.1, 0.15) is 11.5 Å². The Morgan fingerprint density at radius 1 is 1.11 bits per heavy atom. The molecule has 2 aromatic heterocycles. The molecule has 0 spiro atoms. The van der Waals surface area contributed by atoms with Crippen molar-refractivity contribution in [1.29, 1.82) is 0 Å². The number of thiazole rings is 1. The van der Waals surface area contributed by atoms with Crippen LogP contribution in [0.3, 0.4) is 0 Å². The molecular weight excluding hydrogens is 627 g/mol. The van der Waals surface area contributed by atoms with E-state index >= 15 is 0 Å². The fraction of sp³-hybridized carbons (Fsp3) is 0.250. The minimum absolute atomic E-state index is 0.0996. The second-order valence-corrected chi connectivity index (χ2v) is 12.3. The first-order valence-corrected chi connectivity index (χ1v) is 15.1. The number of carbonyl (C=O) groups excluding carboxylic acids is 2. The molecule has 9 nitrogen and oxygen atoms in total. The number of allylic oxidation sites excluding steroid dienone is 1. The van der Waals surface area contributed by atoms with Crippen molar-refractivity contribution >= 4 is 52.6 Å². The summed E-state index contributed by atoms with van der Waals surface area (Å²) in [6.45, 7) is 7.04. The Bertz CT molecular complexity index is 1990.